The summed E-state index contributed by atoms with van der Waals surface area (Å²) in [6.07, 6.45) is -2.57. The highest BCUT2D eigenvalue weighted by atomic mass is 28.4. The lowest BCUT2D eigenvalue weighted by molar-refractivity contribution is -0.283. The first kappa shape index (κ1) is 31.5. The maximum Gasteiger partial charge on any atom is 0.192 e. The van der Waals surface area contributed by atoms with Gasteiger partial charge >= 0.3 is 0 Å². The Morgan fingerprint density at radius 3 is 2.17 bits per heavy atom. The number of benzene rings is 1. The molecule has 0 radical (unpaired) electrons. The second kappa shape index (κ2) is 11.5. The molecule has 41 heavy (non-hydrogen) atoms. The van der Waals surface area contributed by atoms with E-state index >= 15 is 0 Å². The average Bonchev–Trinajstić information content (AvgIpc) is 3.35. The molecule has 0 spiro atoms. The van der Waals surface area contributed by atoms with Gasteiger partial charge in [-0.3, -0.25) is 0 Å². The minimum atomic E-state index is -2.10. The molecule has 4 saturated heterocycles. The molecule has 0 amide bonds. The SMILES string of the molecule is C[C@@H]1OC(OC[C@H]2O[C@@H]3OC(C)(C)O[C@@H]3[C@H]3OC(C)(C)O[C@H]32)C[C@H](O[Si](C)(C)C(C)(C)C)[C@H]1OCc1ccccc1. The molecule has 1 aromatic rings. The molecule has 4 heterocycles. The Kier molecular flexibility index (Phi) is 8.86. The standard InChI is InChI=1S/C31H50O9Si/c1-19-24(33-17-20-14-12-11-13-15-20)21(40-41(9,10)29(2,3)4)16-23(34-19)32-18-22-25-26(37-30(5,6)36-25)27-28(35-22)39-31(7,8)38-27/h11-15,19,21-28H,16-18H2,1-10H3/t19-,21-,22+,23?,24-,25-,26-,27+,28+/m0/s1. The number of fused-ring (bicyclic) bond motifs is 3. The smallest absolute Gasteiger partial charge is 0.192 e. The van der Waals surface area contributed by atoms with Gasteiger partial charge < -0.3 is 42.3 Å². The Hall–Kier alpha value is -0.923. The predicted octanol–water partition coefficient (Wildman–Crippen LogP) is 5.51. The van der Waals surface area contributed by atoms with Gasteiger partial charge in [-0.15, -0.1) is 0 Å². The van der Waals surface area contributed by atoms with Crippen LogP contribution in [0.5, 0.6) is 0 Å². The third-order valence-corrected chi connectivity index (χ3v) is 13.4. The average molecular weight is 595 g/mol. The van der Waals surface area contributed by atoms with Crippen molar-refractivity contribution in [2.45, 2.75) is 153 Å². The lowest BCUT2D eigenvalue weighted by Crippen LogP contribution is -2.57. The van der Waals surface area contributed by atoms with Crippen LogP contribution in [0.4, 0.5) is 0 Å². The van der Waals surface area contributed by atoms with E-state index in [0.717, 1.165) is 5.56 Å². The van der Waals surface area contributed by atoms with Gasteiger partial charge in [0.05, 0.1) is 25.4 Å². The number of hydrogen-bond acceptors (Lipinski definition) is 9. The van der Waals surface area contributed by atoms with Crippen LogP contribution in [0, 0.1) is 0 Å². The Morgan fingerprint density at radius 1 is 0.854 bits per heavy atom. The third kappa shape index (κ3) is 7.08. The van der Waals surface area contributed by atoms with Crippen LogP contribution in [0.25, 0.3) is 0 Å². The minimum Gasteiger partial charge on any atom is -0.411 e. The molecule has 9 nitrogen and oxygen atoms in total. The molecule has 5 rings (SSSR count). The quantitative estimate of drug-likeness (QED) is 0.362. The lowest BCUT2D eigenvalue weighted by Gasteiger charge is -2.46. The van der Waals surface area contributed by atoms with Crippen molar-refractivity contribution in [2.75, 3.05) is 6.61 Å². The lowest BCUT2D eigenvalue weighted by atomic mass is 9.99. The molecule has 4 aliphatic heterocycles. The summed E-state index contributed by atoms with van der Waals surface area (Å²) in [6, 6.07) is 10.2. The molecule has 1 aromatic carbocycles. The molecular weight excluding hydrogens is 544 g/mol. The topological polar surface area (TPSA) is 83.1 Å². The van der Waals surface area contributed by atoms with Gasteiger partial charge in [-0.1, -0.05) is 51.1 Å². The van der Waals surface area contributed by atoms with Crippen molar-refractivity contribution in [1.29, 1.82) is 0 Å². The molecule has 4 aliphatic rings. The van der Waals surface area contributed by atoms with Crippen molar-refractivity contribution in [3.63, 3.8) is 0 Å². The second-order valence-electron chi connectivity index (χ2n) is 14.2. The van der Waals surface area contributed by atoms with Gasteiger partial charge in [0.2, 0.25) is 0 Å². The maximum atomic E-state index is 6.95. The molecular formula is C31H50O9Si. The summed E-state index contributed by atoms with van der Waals surface area (Å²) >= 11 is 0. The van der Waals surface area contributed by atoms with Crippen LogP contribution < -0.4 is 0 Å². The molecule has 0 saturated carbocycles. The molecule has 0 aliphatic carbocycles. The highest BCUT2D eigenvalue weighted by Crippen LogP contribution is 2.45. The van der Waals surface area contributed by atoms with Crippen LogP contribution in [0.3, 0.4) is 0 Å². The zero-order valence-corrected chi connectivity index (χ0v) is 27.4. The Morgan fingerprint density at radius 2 is 1.49 bits per heavy atom. The van der Waals surface area contributed by atoms with E-state index in [9.17, 15) is 0 Å². The van der Waals surface area contributed by atoms with E-state index in [0.29, 0.717) is 13.0 Å². The van der Waals surface area contributed by atoms with Crippen molar-refractivity contribution in [2.24, 2.45) is 0 Å². The molecule has 0 N–H and O–H groups in total. The Balaban J connectivity index is 1.27. The maximum absolute atomic E-state index is 6.95. The van der Waals surface area contributed by atoms with E-state index in [4.69, 9.17) is 42.3 Å². The summed E-state index contributed by atoms with van der Waals surface area (Å²) in [4.78, 5) is 0. The summed E-state index contributed by atoms with van der Waals surface area (Å²) in [5.41, 5.74) is 1.12. The molecule has 10 heteroatoms. The largest absolute Gasteiger partial charge is 0.411 e. The van der Waals surface area contributed by atoms with Crippen LogP contribution >= 0.6 is 0 Å². The van der Waals surface area contributed by atoms with E-state index in [2.05, 4.69) is 46.0 Å². The fourth-order valence-electron chi connectivity index (χ4n) is 5.82. The normalized spacial score (nSPS) is 38.4. The van der Waals surface area contributed by atoms with Gasteiger partial charge in [0.25, 0.3) is 0 Å². The summed E-state index contributed by atoms with van der Waals surface area (Å²) in [7, 11) is -2.10. The summed E-state index contributed by atoms with van der Waals surface area (Å²) in [5, 5.41) is 0.0557. The van der Waals surface area contributed by atoms with E-state index in [1.54, 1.807) is 0 Å². The predicted molar refractivity (Wildman–Crippen MR) is 155 cm³/mol. The zero-order chi connectivity index (χ0) is 29.8. The molecule has 4 fully saturated rings. The van der Waals surface area contributed by atoms with Gasteiger partial charge in [-0.25, -0.2) is 0 Å². The van der Waals surface area contributed by atoms with Crippen LogP contribution in [0.1, 0.15) is 67.4 Å². The number of hydrogen-bond donors (Lipinski definition) is 0. The van der Waals surface area contributed by atoms with Gasteiger partial charge in [0.1, 0.15) is 30.5 Å². The number of rotatable bonds is 8. The van der Waals surface area contributed by atoms with Crippen LogP contribution in [-0.2, 0) is 48.9 Å². The molecule has 9 atom stereocenters. The summed E-state index contributed by atoms with van der Waals surface area (Å²) < 4.78 is 57.3. The fourth-order valence-corrected chi connectivity index (χ4v) is 7.16. The minimum absolute atomic E-state index is 0.0557. The van der Waals surface area contributed by atoms with E-state index < -0.39 is 38.6 Å². The van der Waals surface area contributed by atoms with Crippen molar-refractivity contribution >= 4 is 8.32 Å². The van der Waals surface area contributed by atoms with E-state index in [1.807, 2.05) is 52.8 Å². The monoisotopic (exact) mass is 594 g/mol. The first-order valence-electron chi connectivity index (χ1n) is 15.0. The first-order valence-corrected chi connectivity index (χ1v) is 17.9. The van der Waals surface area contributed by atoms with E-state index in [-0.39, 0.29) is 48.3 Å². The van der Waals surface area contributed by atoms with Gasteiger partial charge in [-0.2, -0.15) is 0 Å². The molecule has 232 valence electrons. The van der Waals surface area contributed by atoms with Gasteiger partial charge in [0.15, 0.2) is 32.5 Å². The highest BCUT2D eigenvalue weighted by Gasteiger charge is 2.61. The first-order chi connectivity index (χ1) is 19.0. The molecule has 0 bridgehead atoms. The number of ether oxygens (including phenoxy) is 8. The molecule has 0 aromatic heterocycles. The van der Waals surface area contributed by atoms with Crippen molar-refractivity contribution in [3.05, 3.63) is 35.9 Å². The van der Waals surface area contributed by atoms with Crippen LogP contribution in [-0.4, -0.2) is 81.8 Å². The highest BCUT2D eigenvalue weighted by molar-refractivity contribution is 6.74. The van der Waals surface area contributed by atoms with Crippen molar-refractivity contribution < 1.29 is 42.3 Å². The third-order valence-electron chi connectivity index (χ3n) is 8.85. The van der Waals surface area contributed by atoms with Gasteiger partial charge in [0, 0.05) is 6.42 Å². The zero-order valence-electron chi connectivity index (χ0n) is 26.4. The van der Waals surface area contributed by atoms with Crippen LogP contribution in [0.2, 0.25) is 18.1 Å². The summed E-state index contributed by atoms with van der Waals surface area (Å²) in [6.45, 7) is 21.7. The van der Waals surface area contributed by atoms with Crippen LogP contribution in [0.15, 0.2) is 30.3 Å². The van der Waals surface area contributed by atoms with Crippen molar-refractivity contribution in [3.8, 4) is 0 Å². The molecule has 1 unspecified atom stereocenters. The Labute approximate surface area is 246 Å². The van der Waals surface area contributed by atoms with Gasteiger partial charge in [-0.05, 0) is 58.3 Å². The van der Waals surface area contributed by atoms with Crippen molar-refractivity contribution in [1.82, 2.24) is 0 Å². The fraction of sp³-hybridized carbons (Fsp3) is 0.806. The van der Waals surface area contributed by atoms with E-state index in [1.165, 1.54) is 0 Å². The second-order valence-corrected chi connectivity index (χ2v) is 19.0. The Bertz CT molecular complexity index is 1030. The summed E-state index contributed by atoms with van der Waals surface area (Å²) in [5.74, 6) is -1.53.